The summed E-state index contributed by atoms with van der Waals surface area (Å²) < 4.78 is 28.6. The lowest BCUT2D eigenvalue weighted by molar-refractivity contribution is 0.0322. The fourth-order valence-electron chi connectivity index (χ4n) is 3.44. The Morgan fingerprint density at radius 2 is 1.92 bits per heavy atom. The largest absolute Gasteiger partial charge is 0.340 e. The van der Waals surface area contributed by atoms with E-state index < -0.39 is 10.0 Å². The van der Waals surface area contributed by atoms with Crippen LogP contribution < -0.4 is 0 Å². The van der Waals surface area contributed by atoms with Crippen LogP contribution in [0.4, 0.5) is 0 Å². The van der Waals surface area contributed by atoms with Crippen molar-refractivity contribution in [2.75, 3.05) is 19.6 Å². The minimum absolute atomic E-state index is 0.0574. The highest BCUT2D eigenvalue weighted by molar-refractivity contribution is 7.89. The van der Waals surface area contributed by atoms with E-state index in [0.717, 1.165) is 0 Å². The van der Waals surface area contributed by atoms with Crippen LogP contribution in [0.3, 0.4) is 0 Å². The monoisotopic (exact) mass is 346 g/mol. The Labute approximate surface area is 140 Å². The standard InChI is InChI=1S/C16H18N4O3S/c1-18-9-14(17-11-18)16(21)20-8-12-7-19(10-15(12)20)24(22,23)13-5-3-2-4-6-13/h2-6,9,11-12,15H,7-8,10H2,1H3/t12-,15-/m1/s1. The Morgan fingerprint density at radius 3 is 2.58 bits per heavy atom. The Balaban J connectivity index is 1.50. The van der Waals surface area contributed by atoms with Gasteiger partial charge in [-0.15, -0.1) is 0 Å². The third-order valence-electron chi connectivity index (χ3n) is 4.77. The smallest absolute Gasteiger partial charge is 0.274 e. The molecule has 2 atom stereocenters. The van der Waals surface area contributed by atoms with Gasteiger partial charge in [-0.1, -0.05) is 18.2 Å². The second-order valence-corrected chi connectivity index (χ2v) is 8.28. The molecule has 126 valence electrons. The number of carbonyl (C=O) groups is 1. The number of nitrogens with zero attached hydrogens (tertiary/aromatic N) is 4. The molecule has 2 aromatic rings. The SMILES string of the molecule is Cn1cnc(C(=O)N2C[C@H]3CN(S(=O)(=O)c4ccccc4)C[C@H]32)c1. The first-order valence-corrected chi connectivity index (χ1v) is 9.25. The maximum absolute atomic E-state index is 12.7. The fraction of sp³-hybridized carbons (Fsp3) is 0.375. The summed E-state index contributed by atoms with van der Waals surface area (Å²) in [6.07, 6.45) is 3.27. The van der Waals surface area contributed by atoms with Gasteiger partial charge in [0.25, 0.3) is 5.91 Å². The fourth-order valence-corrected chi connectivity index (χ4v) is 4.98. The molecule has 0 aliphatic carbocycles. The van der Waals surface area contributed by atoms with Crippen LogP contribution >= 0.6 is 0 Å². The highest BCUT2D eigenvalue weighted by Crippen LogP contribution is 2.35. The molecule has 2 aliphatic heterocycles. The lowest BCUT2D eigenvalue weighted by Gasteiger charge is -2.43. The van der Waals surface area contributed by atoms with Crippen LogP contribution in [0.5, 0.6) is 0 Å². The summed E-state index contributed by atoms with van der Waals surface area (Å²) in [4.78, 5) is 18.6. The van der Waals surface area contributed by atoms with Crippen molar-refractivity contribution in [1.29, 1.82) is 0 Å². The number of sulfonamides is 1. The minimum Gasteiger partial charge on any atom is -0.340 e. The number of carbonyl (C=O) groups excluding carboxylic acids is 1. The van der Waals surface area contributed by atoms with Crippen LogP contribution in [0.15, 0.2) is 47.8 Å². The first kappa shape index (κ1) is 15.3. The number of aromatic nitrogens is 2. The zero-order valence-electron chi connectivity index (χ0n) is 13.2. The van der Waals surface area contributed by atoms with Crippen molar-refractivity contribution >= 4 is 15.9 Å². The van der Waals surface area contributed by atoms with Gasteiger partial charge in [0.2, 0.25) is 10.0 Å². The van der Waals surface area contributed by atoms with Gasteiger partial charge < -0.3 is 9.47 Å². The molecule has 0 saturated carbocycles. The summed E-state index contributed by atoms with van der Waals surface area (Å²) in [6.45, 7) is 1.40. The van der Waals surface area contributed by atoms with Crippen LogP contribution in [0, 0.1) is 5.92 Å². The van der Waals surface area contributed by atoms with Gasteiger partial charge in [0.1, 0.15) is 5.69 Å². The normalized spacial score (nSPS) is 23.8. The molecule has 8 heteroatoms. The van der Waals surface area contributed by atoms with Crippen molar-refractivity contribution in [1.82, 2.24) is 18.8 Å². The molecule has 2 fully saturated rings. The molecule has 1 aromatic heterocycles. The van der Waals surface area contributed by atoms with Crippen molar-refractivity contribution < 1.29 is 13.2 Å². The Morgan fingerprint density at radius 1 is 1.17 bits per heavy atom. The van der Waals surface area contributed by atoms with E-state index >= 15 is 0 Å². The van der Waals surface area contributed by atoms with Gasteiger partial charge in [-0.2, -0.15) is 4.31 Å². The average molecular weight is 346 g/mol. The highest BCUT2D eigenvalue weighted by Gasteiger charge is 2.51. The quantitative estimate of drug-likeness (QED) is 0.814. The molecule has 1 aromatic carbocycles. The van der Waals surface area contributed by atoms with E-state index in [1.807, 2.05) is 7.05 Å². The van der Waals surface area contributed by atoms with Gasteiger partial charge in [0.05, 0.1) is 17.3 Å². The summed E-state index contributed by atoms with van der Waals surface area (Å²) in [5, 5.41) is 0. The van der Waals surface area contributed by atoms with Crippen LogP contribution in [-0.4, -0.2) is 58.8 Å². The minimum atomic E-state index is -3.50. The zero-order chi connectivity index (χ0) is 16.9. The molecule has 4 rings (SSSR count). The lowest BCUT2D eigenvalue weighted by atomic mass is 9.92. The van der Waals surface area contributed by atoms with E-state index in [2.05, 4.69) is 4.98 Å². The predicted octanol–water partition coefficient (Wildman–Crippen LogP) is 0.565. The lowest BCUT2D eigenvalue weighted by Crippen LogP contribution is -2.58. The Kier molecular flexibility index (Phi) is 3.47. The molecular formula is C16H18N4O3S. The number of likely N-dealkylation sites (tertiary alicyclic amines) is 1. The second kappa shape index (κ2) is 5.42. The summed E-state index contributed by atoms with van der Waals surface area (Å²) in [5.74, 6) is 0.0759. The van der Waals surface area contributed by atoms with Gasteiger partial charge >= 0.3 is 0 Å². The van der Waals surface area contributed by atoms with Crippen molar-refractivity contribution in [3.8, 4) is 0 Å². The topological polar surface area (TPSA) is 75.5 Å². The number of rotatable bonds is 3. The van der Waals surface area contributed by atoms with E-state index in [1.54, 1.807) is 52.3 Å². The molecule has 0 radical (unpaired) electrons. The van der Waals surface area contributed by atoms with Gasteiger partial charge in [0.15, 0.2) is 0 Å². The molecule has 0 unspecified atom stereocenters. The number of fused-ring (bicyclic) bond motifs is 1. The third-order valence-corrected chi connectivity index (χ3v) is 6.62. The molecular weight excluding hydrogens is 328 g/mol. The second-order valence-electron chi connectivity index (χ2n) is 6.34. The first-order chi connectivity index (χ1) is 11.5. The van der Waals surface area contributed by atoms with Gasteiger partial charge in [-0.25, -0.2) is 13.4 Å². The first-order valence-electron chi connectivity index (χ1n) is 7.81. The highest BCUT2D eigenvalue weighted by atomic mass is 32.2. The molecule has 2 saturated heterocycles. The number of hydrogen-bond donors (Lipinski definition) is 0. The molecule has 1 amide bonds. The zero-order valence-corrected chi connectivity index (χ0v) is 14.1. The Bertz CT molecular complexity index is 878. The Hall–Kier alpha value is -2.19. The molecule has 0 N–H and O–H groups in total. The molecule has 0 spiro atoms. The number of imidazole rings is 1. The molecule has 0 bridgehead atoms. The van der Waals surface area contributed by atoms with Crippen molar-refractivity contribution in [3.05, 3.63) is 48.5 Å². The third kappa shape index (κ3) is 2.33. The maximum Gasteiger partial charge on any atom is 0.274 e. The van der Waals surface area contributed by atoms with E-state index in [-0.39, 0.29) is 17.9 Å². The predicted molar refractivity (Wildman–Crippen MR) is 86.7 cm³/mol. The van der Waals surface area contributed by atoms with Crippen LogP contribution in [-0.2, 0) is 17.1 Å². The number of aryl methyl sites for hydroxylation is 1. The number of hydrogen-bond acceptors (Lipinski definition) is 4. The van der Waals surface area contributed by atoms with Crippen molar-refractivity contribution in [2.24, 2.45) is 13.0 Å². The van der Waals surface area contributed by atoms with Gasteiger partial charge in [-0.3, -0.25) is 4.79 Å². The summed E-state index contributed by atoms with van der Waals surface area (Å²) in [6, 6.07) is 8.37. The van der Waals surface area contributed by atoms with Crippen LogP contribution in [0.1, 0.15) is 10.5 Å². The number of benzene rings is 1. The summed E-state index contributed by atoms with van der Waals surface area (Å²) >= 11 is 0. The summed E-state index contributed by atoms with van der Waals surface area (Å²) in [7, 11) is -1.69. The van der Waals surface area contributed by atoms with E-state index in [0.29, 0.717) is 30.2 Å². The number of amides is 1. The van der Waals surface area contributed by atoms with Crippen molar-refractivity contribution in [2.45, 2.75) is 10.9 Å². The van der Waals surface area contributed by atoms with Gasteiger partial charge in [-0.05, 0) is 12.1 Å². The molecule has 24 heavy (non-hydrogen) atoms. The van der Waals surface area contributed by atoms with E-state index in [9.17, 15) is 13.2 Å². The average Bonchev–Trinajstić information content (AvgIpc) is 3.13. The van der Waals surface area contributed by atoms with Gasteiger partial charge in [0, 0.05) is 38.8 Å². The van der Waals surface area contributed by atoms with E-state index in [1.165, 1.54) is 4.31 Å². The molecule has 7 nitrogen and oxygen atoms in total. The molecule has 3 heterocycles. The van der Waals surface area contributed by atoms with Crippen molar-refractivity contribution in [3.63, 3.8) is 0 Å². The maximum atomic E-state index is 12.7. The van der Waals surface area contributed by atoms with Crippen LogP contribution in [0.25, 0.3) is 0 Å². The molecule has 2 aliphatic rings. The summed E-state index contributed by atoms with van der Waals surface area (Å²) in [5.41, 5.74) is 0.403. The van der Waals surface area contributed by atoms with Crippen LogP contribution in [0.2, 0.25) is 0 Å². The van der Waals surface area contributed by atoms with E-state index in [4.69, 9.17) is 0 Å².